The zero-order chi connectivity index (χ0) is 13.9. The highest BCUT2D eigenvalue weighted by Crippen LogP contribution is 2.44. The Bertz CT molecular complexity index is 469. The van der Waals surface area contributed by atoms with Crippen molar-refractivity contribution in [3.05, 3.63) is 34.3 Å². The first-order chi connectivity index (χ1) is 9.07. The van der Waals surface area contributed by atoms with E-state index in [-0.39, 0.29) is 4.87 Å². The van der Waals surface area contributed by atoms with Crippen LogP contribution in [0.15, 0.2) is 28.7 Å². The van der Waals surface area contributed by atoms with Crippen LogP contribution in [0.1, 0.15) is 31.7 Å². The van der Waals surface area contributed by atoms with Crippen LogP contribution >= 0.6 is 27.7 Å². The molecule has 1 aromatic rings. The maximum absolute atomic E-state index is 11.2. The zero-order valence-electron chi connectivity index (χ0n) is 10.9. The molecule has 1 aliphatic heterocycles. The lowest BCUT2D eigenvalue weighted by molar-refractivity contribution is -0.138. The largest absolute Gasteiger partial charge is 0.480 e. The first-order valence-electron chi connectivity index (χ1n) is 6.48. The molecule has 19 heavy (non-hydrogen) atoms. The second-order valence-electron chi connectivity index (χ2n) is 4.79. The van der Waals surface area contributed by atoms with Gasteiger partial charge in [0.2, 0.25) is 0 Å². The van der Waals surface area contributed by atoms with Crippen molar-refractivity contribution in [3.63, 3.8) is 0 Å². The molecule has 104 valence electrons. The zero-order valence-corrected chi connectivity index (χ0v) is 13.3. The summed E-state index contributed by atoms with van der Waals surface area (Å²) in [5.41, 5.74) is 1.16. The molecule has 1 saturated heterocycles. The third-order valence-corrected chi connectivity index (χ3v) is 5.42. The van der Waals surface area contributed by atoms with E-state index in [9.17, 15) is 9.90 Å². The molecule has 2 N–H and O–H groups in total. The summed E-state index contributed by atoms with van der Waals surface area (Å²) in [6.45, 7) is 2.16. The number of hydrogen-bond donors (Lipinski definition) is 2. The topological polar surface area (TPSA) is 49.3 Å². The van der Waals surface area contributed by atoms with Crippen molar-refractivity contribution in [3.8, 4) is 0 Å². The van der Waals surface area contributed by atoms with Crippen LogP contribution in [0.3, 0.4) is 0 Å². The molecule has 1 fully saturated rings. The lowest BCUT2D eigenvalue weighted by Gasteiger charge is -2.30. The van der Waals surface area contributed by atoms with Crippen LogP contribution in [-0.4, -0.2) is 22.9 Å². The molecule has 0 amide bonds. The van der Waals surface area contributed by atoms with Crippen LogP contribution in [0.2, 0.25) is 0 Å². The summed E-state index contributed by atoms with van der Waals surface area (Å²) in [5, 5.41) is 12.5. The summed E-state index contributed by atoms with van der Waals surface area (Å²) in [7, 11) is 0. The molecular formula is C14H18BrNO2S. The number of carboxylic acid groups (broad SMARTS) is 1. The van der Waals surface area contributed by atoms with Crippen LogP contribution in [0.4, 0.5) is 0 Å². The number of rotatable bonds is 5. The van der Waals surface area contributed by atoms with Crippen LogP contribution in [-0.2, 0) is 9.67 Å². The molecule has 1 aromatic carbocycles. The quantitative estimate of drug-likeness (QED) is 0.857. The van der Waals surface area contributed by atoms with Gasteiger partial charge in [0.25, 0.3) is 0 Å². The number of hydrogen-bond acceptors (Lipinski definition) is 3. The van der Waals surface area contributed by atoms with Gasteiger partial charge in [-0.2, -0.15) is 0 Å². The number of nitrogens with one attached hydrogen (secondary N) is 1. The standard InChI is InChI=1S/C14H18BrNO2S/c1-2-3-7-14(10-5-4-6-11(15)8-10)16-12(9-19-14)13(17)18/h4-6,8,12,16H,2-3,7,9H2,1H3,(H,17,18). The lowest BCUT2D eigenvalue weighted by atomic mass is 9.99. The van der Waals surface area contributed by atoms with E-state index in [1.165, 1.54) is 0 Å². The van der Waals surface area contributed by atoms with Crippen LogP contribution in [0.5, 0.6) is 0 Å². The minimum atomic E-state index is -0.763. The first kappa shape index (κ1) is 14.9. The van der Waals surface area contributed by atoms with E-state index in [1.807, 2.05) is 12.1 Å². The number of thioether (sulfide) groups is 1. The van der Waals surface area contributed by atoms with Crippen molar-refractivity contribution in [2.45, 2.75) is 37.1 Å². The van der Waals surface area contributed by atoms with Gasteiger partial charge < -0.3 is 5.11 Å². The summed E-state index contributed by atoms with van der Waals surface area (Å²) in [5.74, 6) is -0.146. The molecule has 0 bridgehead atoms. The molecule has 0 saturated carbocycles. The van der Waals surface area contributed by atoms with E-state index < -0.39 is 12.0 Å². The van der Waals surface area contributed by atoms with Crippen LogP contribution in [0, 0.1) is 0 Å². The van der Waals surface area contributed by atoms with Gasteiger partial charge in [0.05, 0.1) is 4.87 Å². The Morgan fingerprint density at radius 2 is 2.42 bits per heavy atom. The van der Waals surface area contributed by atoms with Gasteiger partial charge in [-0.3, -0.25) is 10.1 Å². The fraction of sp³-hybridized carbons (Fsp3) is 0.500. The Morgan fingerprint density at radius 1 is 1.63 bits per heavy atom. The van der Waals surface area contributed by atoms with Gasteiger partial charge in [-0.05, 0) is 24.1 Å². The SMILES string of the molecule is CCCCC1(c2cccc(Br)c2)NC(C(=O)O)CS1. The fourth-order valence-electron chi connectivity index (χ4n) is 2.34. The molecule has 2 rings (SSSR count). The number of benzene rings is 1. The van der Waals surface area contributed by atoms with E-state index in [0.29, 0.717) is 5.75 Å². The van der Waals surface area contributed by atoms with Crippen molar-refractivity contribution >= 4 is 33.7 Å². The number of carbonyl (C=O) groups is 1. The Kier molecular flexibility index (Phi) is 4.92. The van der Waals surface area contributed by atoms with Gasteiger partial charge in [-0.1, -0.05) is 47.8 Å². The molecule has 1 aliphatic rings. The maximum Gasteiger partial charge on any atom is 0.321 e. The number of halogens is 1. The Morgan fingerprint density at radius 3 is 3.00 bits per heavy atom. The molecular weight excluding hydrogens is 326 g/mol. The molecule has 0 aromatic heterocycles. The van der Waals surface area contributed by atoms with Gasteiger partial charge in [0.15, 0.2) is 0 Å². The third-order valence-electron chi connectivity index (χ3n) is 3.38. The minimum Gasteiger partial charge on any atom is -0.480 e. The van der Waals surface area contributed by atoms with Crippen molar-refractivity contribution in [2.24, 2.45) is 0 Å². The van der Waals surface area contributed by atoms with E-state index in [2.05, 4.69) is 40.3 Å². The molecule has 1 heterocycles. The molecule has 5 heteroatoms. The third kappa shape index (κ3) is 3.33. The average Bonchev–Trinajstić information content (AvgIpc) is 2.82. The first-order valence-corrected chi connectivity index (χ1v) is 8.26. The van der Waals surface area contributed by atoms with Crippen molar-refractivity contribution in [1.82, 2.24) is 5.32 Å². The summed E-state index contributed by atoms with van der Waals surface area (Å²) in [6, 6.07) is 7.69. The molecule has 3 nitrogen and oxygen atoms in total. The molecule has 2 unspecified atom stereocenters. The number of unbranched alkanes of at least 4 members (excludes halogenated alkanes) is 1. The highest BCUT2D eigenvalue weighted by molar-refractivity contribution is 9.10. The normalized spacial score (nSPS) is 26.5. The maximum atomic E-state index is 11.2. The predicted octanol–water partition coefficient (Wildman–Crippen LogP) is 3.58. The second-order valence-corrected chi connectivity index (χ2v) is 7.02. The van der Waals surface area contributed by atoms with Gasteiger partial charge in [-0.25, -0.2) is 0 Å². The monoisotopic (exact) mass is 343 g/mol. The van der Waals surface area contributed by atoms with Gasteiger partial charge in [0.1, 0.15) is 6.04 Å². The van der Waals surface area contributed by atoms with Crippen molar-refractivity contribution in [1.29, 1.82) is 0 Å². The minimum absolute atomic E-state index is 0.261. The summed E-state index contributed by atoms with van der Waals surface area (Å²) in [6.07, 6.45) is 3.14. The molecule has 0 spiro atoms. The Hall–Kier alpha value is -0.520. The summed E-state index contributed by atoms with van der Waals surface area (Å²) in [4.78, 5) is 10.9. The van der Waals surface area contributed by atoms with E-state index in [0.717, 1.165) is 29.3 Å². The highest BCUT2D eigenvalue weighted by Gasteiger charge is 2.42. The Balaban J connectivity index is 2.28. The number of carboxylic acids is 1. The molecule has 0 radical (unpaired) electrons. The van der Waals surface area contributed by atoms with Gasteiger partial charge >= 0.3 is 5.97 Å². The smallest absolute Gasteiger partial charge is 0.321 e. The van der Waals surface area contributed by atoms with Crippen LogP contribution < -0.4 is 5.32 Å². The number of aliphatic carboxylic acids is 1. The van der Waals surface area contributed by atoms with Gasteiger partial charge in [0, 0.05) is 10.2 Å². The highest BCUT2D eigenvalue weighted by atomic mass is 79.9. The lowest BCUT2D eigenvalue weighted by Crippen LogP contribution is -2.43. The van der Waals surface area contributed by atoms with Gasteiger partial charge in [-0.15, -0.1) is 11.8 Å². The predicted molar refractivity (Wildman–Crippen MR) is 82.4 cm³/mol. The van der Waals surface area contributed by atoms with Crippen molar-refractivity contribution in [2.75, 3.05) is 5.75 Å². The summed E-state index contributed by atoms with van der Waals surface area (Å²) >= 11 is 5.21. The molecule has 2 atom stereocenters. The Labute approximate surface area is 126 Å². The van der Waals surface area contributed by atoms with Crippen LogP contribution in [0.25, 0.3) is 0 Å². The average molecular weight is 344 g/mol. The second kappa shape index (κ2) is 6.29. The van der Waals surface area contributed by atoms with E-state index in [4.69, 9.17) is 0 Å². The van der Waals surface area contributed by atoms with E-state index >= 15 is 0 Å². The van der Waals surface area contributed by atoms with Crippen molar-refractivity contribution < 1.29 is 9.90 Å². The molecule has 0 aliphatic carbocycles. The van der Waals surface area contributed by atoms with E-state index in [1.54, 1.807) is 11.8 Å². The summed E-state index contributed by atoms with van der Waals surface area (Å²) < 4.78 is 1.03. The fourth-order valence-corrected chi connectivity index (χ4v) is 4.23.